The van der Waals surface area contributed by atoms with Crippen LogP contribution in [0.3, 0.4) is 0 Å². The maximum absolute atomic E-state index is 6.29. The van der Waals surface area contributed by atoms with Crippen LogP contribution in [0.2, 0.25) is 0 Å². The molecule has 1 heterocycles. The van der Waals surface area contributed by atoms with E-state index in [0.717, 1.165) is 34.3 Å². The van der Waals surface area contributed by atoms with Gasteiger partial charge in [-0.2, -0.15) is 0 Å². The minimum atomic E-state index is 0.813. The van der Waals surface area contributed by atoms with Crippen molar-refractivity contribution in [2.24, 2.45) is 7.05 Å². The molecule has 0 atom stereocenters. The Morgan fingerprint density at radius 3 is 2.61 bits per heavy atom. The van der Waals surface area contributed by atoms with Gasteiger partial charge in [-0.1, -0.05) is 25.1 Å². The van der Waals surface area contributed by atoms with Gasteiger partial charge in [0.2, 0.25) is 0 Å². The van der Waals surface area contributed by atoms with E-state index in [2.05, 4.69) is 23.6 Å². The van der Waals surface area contributed by atoms with Crippen molar-refractivity contribution in [2.45, 2.75) is 13.3 Å². The SMILES string of the molecule is CCc1cc(N)c2c3ccccc3n(C)c2c1N. The lowest BCUT2D eigenvalue weighted by Gasteiger charge is -2.09. The highest BCUT2D eigenvalue weighted by atomic mass is 15.0. The standard InChI is InChI=1S/C15H17N3/c1-3-9-8-11(16)13-10-6-4-5-7-12(10)18(2)15(13)14(9)17/h4-8H,3,16-17H2,1-2H3. The Morgan fingerprint density at radius 2 is 1.89 bits per heavy atom. The highest BCUT2D eigenvalue weighted by Gasteiger charge is 2.15. The summed E-state index contributed by atoms with van der Waals surface area (Å²) in [5.41, 5.74) is 17.5. The number of hydrogen-bond donors (Lipinski definition) is 2. The molecule has 0 amide bonds. The molecule has 92 valence electrons. The number of nitrogens with two attached hydrogens (primary N) is 2. The Labute approximate surface area is 106 Å². The molecule has 3 aromatic rings. The molecule has 3 heteroatoms. The fraction of sp³-hybridized carbons (Fsp3) is 0.200. The molecule has 0 bridgehead atoms. The van der Waals surface area contributed by atoms with Gasteiger partial charge >= 0.3 is 0 Å². The first kappa shape index (κ1) is 11.0. The maximum Gasteiger partial charge on any atom is 0.0746 e. The highest BCUT2D eigenvalue weighted by molar-refractivity contribution is 6.17. The van der Waals surface area contributed by atoms with Crippen LogP contribution in [0.1, 0.15) is 12.5 Å². The van der Waals surface area contributed by atoms with Crippen LogP contribution >= 0.6 is 0 Å². The van der Waals surface area contributed by atoms with E-state index in [1.165, 1.54) is 10.9 Å². The number of aromatic nitrogens is 1. The van der Waals surface area contributed by atoms with Crippen molar-refractivity contribution in [2.75, 3.05) is 11.5 Å². The zero-order valence-electron chi connectivity index (χ0n) is 10.7. The topological polar surface area (TPSA) is 57.0 Å². The third kappa shape index (κ3) is 1.24. The van der Waals surface area contributed by atoms with Crippen LogP contribution in [0.4, 0.5) is 11.4 Å². The number of aryl methyl sites for hydroxylation is 2. The van der Waals surface area contributed by atoms with E-state index < -0.39 is 0 Å². The number of nitrogens with zero attached hydrogens (tertiary/aromatic N) is 1. The number of nitrogen functional groups attached to an aromatic ring is 2. The molecule has 0 aliphatic heterocycles. The Bertz CT molecular complexity index is 753. The van der Waals surface area contributed by atoms with Crippen molar-refractivity contribution in [3.63, 3.8) is 0 Å². The maximum atomic E-state index is 6.29. The summed E-state index contributed by atoms with van der Waals surface area (Å²) in [6.45, 7) is 2.10. The van der Waals surface area contributed by atoms with Crippen LogP contribution in [0.5, 0.6) is 0 Å². The molecule has 0 saturated heterocycles. The molecule has 4 N–H and O–H groups in total. The van der Waals surface area contributed by atoms with Crippen molar-refractivity contribution in [3.05, 3.63) is 35.9 Å². The fourth-order valence-electron chi connectivity index (χ4n) is 2.78. The molecular weight excluding hydrogens is 222 g/mol. The molecule has 0 radical (unpaired) electrons. The van der Waals surface area contributed by atoms with Crippen LogP contribution in [0.25, 0.3) is 21.8 Å². The Balaban J connectivity index is 2.63. The number of fused-ring (bicyclic) bond motifs is 3. The molecular formula is C15H17N3. The summed E-state index contributed by atoms with van der Waals surface area (Å²) in [5, 5.41) is 2.24. The monoisotopic (exact) mass is 239 g/mol. The quantitative estimate of drug-likeness (QED) is 0.641. The van der Waals surface area contributed by atoms with Gasteiger partial charge in [-0.25, -0.2) is 0 Å². The zero-order chi connectivity index (χ0) is 12.9. The number of para-hydroxylation sites is 1. The van der Waals surface area contributed by atoms with Gasteiger partial charge in [-0.3, -0.25) is 0 Å². The van der Waals surface area contributed by atoms with E-state index in [1.807, 2.05) is 25.2 Å². The smallest absolute Gasteiger partial charge is 0.0746 e. The summed E-state index contributed by atoms with van der Waals surface area (Å²) in [4.78, 5) is 0. The van der Waals surface area contributed by atoms with Crippen molar-refractivity contribution in [1.82, 2.24) is 4.57 Å². The first-order valence-electron chi connectivity index (χ1n) is 6.19. The molecule has 0 fully saturated rings. The molecule has 0 saturated carbocycles. The minimum absolute atomic E-state index is 0.813. The van der Waals surface area contributed by atoms with Gasteiger partial charge in [-0.05, 0) is 24.1 Å². The molecule has 3 rings (SSSR count). The van der Waals surface area contributed by atoms with Crippen molar-refractivity contribution >= 4 is 33.2 Å². The molecule has 0 aliphatic rings. The normalized spacial score (nSPS) is 11.4. The van der Waals surface area contributed by atoms with Gasteiger partial charge in [0.25, 0.3) is 0 Å². The fourth-order valence-corrected chi connectivity index (χ4v) is 2.78. The molecule has 2 aromatic carbocycles. The first-order chi connectivity index (χ1) is 8.65. The van der Waals surface area contributed by atoms with Crippen molar-refractivity contribution in [3.8, 4) is 0 Å². The molecule has 0 aliphatic carbocycles. The van der Waals surface area contributed by atoms with Gasteiger partial charge in [0, 0.05) is 29.0 Å². The molecule has 0 spiro atoms. The summed E-state index contributed by atoms with van der Waals surface area (Å²) in [5.74, 6) is 0. The van der Waals surface area contributed by atoms with E-state index in [1.54, 1.807) is 0 Å². The highest BCUT2D eigenvalue weighted by Crippen LogP contribution is 2.37. The average molecular weight is 239 g/mol. The molecule has 3 nitrogen and oxygen atoms in total. The van der Waals surface area contributed by atoms with Crippen LogP contribution in [0.15, 0.2) is 30.3 Å². The Morgan fingerprint density at radius 1 is 1.17 bits per heavy atom. The van der Waals surface area contributed by atoms with Crippen LogP contribution in [-0.4, -0.2) is 4.57 Å². The van der Waals surface area contributed by atoms with Crippen molar-refractivity contribution in [1.29, 1.82) is 0 Å². The summed E-state index contributed by atoms with van der Waals surface area (Å²) in [6, 6.07) is 10.3. The molecule has 1 aromatic heterocycles. The van der Waals surface area contributed by atoms with E-state index in [9.17, 15) is 0 Å². The lowest BCUT2D eigenvalue weighted by molar-refractivity contribution is 1.01. The number of benzene rings is 2. The number of rotatable bonds is 1. The third-order valence-electron chi connectivity index (χ3n) is 3.71. The largest absolute Gasteiger partial charge is 0.398 e. The zero-order valence-corrected chi connectivity index (χ0v) is 10.7. The average Bonchev–Trinajstić information content (AvgIpc) is 2.69. The predicted octanol–water partition coefficient (Wildman–Crippen LogP) is 3.06. The second-order valence-electron chi connectivity index (χ2n) is 4.69. The Hall–Kier alpha value is -2.16. The third-order valence-corrected chi connectivity index (χ3v) is 3.71. The van der Waals surface area contributed by atoms with Gasteiger partial charge in [-0.15, -0.1) is 0 Å². The van der Waals surface area contributed by atoms with E-state index >= 15 is 0 Å². The van der Waals surface area contributed by atoms with Crippen LogP contribution < -0.4 is 11.5 Å². The van der Waals surface area contributed by atoms with Crippen LogP contribution in [-0.2, 0) is 13.5 Å². The van der Waals surface area contributed by atoms with Crippen LogP contribution in [0, 0.1) is 0 Å². The van der Waals surface area contributed by atoms with Gasteiger partial charge in [0.15, 0.2) is 0 Å². The predicted molar refractivity (Wildman–Crippen MR) is 78.6 cm³/mol. The van der Waals surface area contributed by atoms with E-state index in [-0.39, 0.29) is 0 Å². The molecule has 0 unspecified atom stereocenters. The summed E-state index contributed by atoms with van der Waals surface area (Å²) in [7, 11) is 2.04. The van der Waals surface area contributed by atoms with Gasteiger partial charge in [0.05, 0.1) is 11.2 Å². The second-order valence-corrected chi connectivity index (χ2v) is 4.69. The van der Waals surface area contributed by atoms with Gasteiger partial charge in [0.1, 0.15) is 0 Å². The minimum Gasteiger partial charge on any atom is -0.398 e. The lowest BCUT2D eigenvalue weighted by Crippen LogP contribution is -2.00. The molecule has 18 heavy (non-hydrogen) atoms. The number of hydrogen-bond acceptors (Lipinski definition) is 2. The summed E-state index contributed by atoms with van der Waals surface area (Å²) in [6.07, 6.45) is 0.896. The summed E-state index contributed by atoms with van der Waals surface area (Å²) >= 11 is 0. The summed E-state index contributed by atoms with van der Waals surface area (Å²) < 4.78 is 2.13. The lowest BCUT2D eigenvalue weighted by atomic mass is 10.0. The number of anilines is 2. The van der Waals surface area contributed by atoms with Gasteiger partial charge < -0.3 is 16.0 Å². The van der Waals surface area contributed by atoms with E-state index in [0.29, 0.717) is 0 Å². The second kappa shape index (κ2) is 3.67. The Kier molecular flexibility index (Phi) is 2.23. The van der Waals surface area contributed by atoms with Crippen molar-refractivity contribution < 1.29 is 0 Å². The van der Waals surface area contributed by atoms with E-state index in [4.69, 9.17) is 11.5 Å². The first-order valence-corrected chi connectivity index (χ1v) is 6.19.